The number of carbonyl (C=O) groups is 1. The Labute approximate surface area is 166 Å². The molecule has 3 aliphatic rings. The van der Waals surface area contributed by atoms with Crippen molar-refractivity contribution in [3.05, 3.63) is 30.1 Å². The van der Waals surface area contributed by atoms with Crippen molar-refractivity contribution in [2.75, 3.05) is 26.0 Å². The molecule has 0 unspecified atom stereocenters. The van der Waals surface area contributed by atoms with Crippen molar-refractivity contribution in [3.63, 3.8) is 0 Å². The second-order valence-electron chi connectivity index (χ2n) is 8.59. The number of hydrogen-bond donors (Lipinski definition) is 1. The normalized spacial score (nSPS) is 30.8. The van der Waals surface area contributed by atoms with E-state index >= 15 is 0 Å². The zero-order chi connectivity index (χ0) is 19.7. The molecule has 8 heteroatoms. The van der Waals surface area contributed by atoms with Gasteiger partial charge in [0.15, 0.2) is 0 Å². The maximum absolute atomic E-state index is 12.6. The van der Waals surface area contributed by atoms with E-state index in [4.69, 9.17) is 4.74 Å². The Morgan fingerprint density at radius 2 is 1.89 bits per heavy atom. The van der Waals surface area contributed by atoms with Crippen LogP contribution in [-0.4, -0.2) is 61.7 Å². The second kappa shape index (κ2) is 8.08. The standard InChI is InChI=1S/C20H29N3O4S/c1-28(25,26)23-11-16-9-18(22-20(24)8-14-4-6-21-7-5-14)19(10-17(16)12-23)27-13-15-2-3-15/h4-7,15-19H,2-3,8-13H2,1H3,(H,22,24)/t16-,17+,18-,19-/m0/s1. The first-order chi connectivity index (χ1) is 13.4. The summed E-state index contributed by atoms with van der Waals surface area (Å²) in [6.07, 6.45) is 8.96. The molecule has 0 bridgehead atoms. The quantitative estimate of drug-likeness (QED) is 0.734. The maximum Gasteiger partial charge on any atom is 0.224 e. The highest BCUT2D eigenvalue weighted by Gasteiger charge is 2.45. The van der Waals surface area contributed by atoms with E-state index in [1.807, 2.05) is 12.1 Å². The lowest BCUT2D eigenvalue weighted by atomic mass is 9.77. The Morgan fingerprint density at radius 1 is 1.21 bits per heavy atom. The van der Waals surface area contributed by atoms with Crippen LogP contribution < -0.4 is 5.32 Å². The maximum atomic E-state index is 12.6. The molecule has 0 spiro atoms. The third-order valence-electron chi connectivity index (χ3n) is 6.26. The van der Waals surface area contributed by atoms with Gasteiger partial charge in [-0.15, -0.1) is 0 Å². The van der Waals surface area contributed by atoms with Crippen LogP contribution in [0.25, 0.3) is 0 Å². The van der Waals surface area contributed by atoms with E-state index in [2.05, 4.69) is 10.3 Å². The smallest absolute Gasteiger partial charge is 0.224 e. The number of sulfonamides is 1. The van der Waals surface area contributed by atoms with Crippen molar-refractivity contribution in [3.8, 4) is 0 Å². The number of pyridine rings is 1. The molecule has 4 rings (SSSR count). The number of ether oxygens (including phenoxy) is 1. The number of aromatic nitrogens is 1. The molecular weight excluding hydrogens is 378 g/mol. The van der Waals surface area contributed by atoms with Gasteiger partial charge >= 0.3 is 0 Å². The molecule has 1 aromatic rings. The fraction of sp³-hybridized carbons (Fsp3) is 0.700. The average Bonchev–Trinajstić information content (AvgIpc) is 3.37. The van der Waals surface area contributed by atoms with Crippen LogP contribution in [0.15, 0.2) is 24.5 Å². The average molecular weight is 408 g/mol. The van der Waals surface area contributed by atoms with Crippen LogP contribution in [-0.2, 0) is 26.0 Å². The summed E-state index contributed by atoms with van der Waals surface area (Å²) < 4.78 is 31.7. The van der Waals surface area contributed by atoms with Gasteiger partial charge in [0, 0.05) is 32.1 Å². The molecule has 28 heavy (non-hydrogen) atoms. The number of hydrogen-bond acceptors (Lipinski definition) is 5. The highest BCUT2D eigenvalue weighted by Crippen LogP contribution is 2.39. The molecule has 0 radical (unpaired) electrons. The summed E-state index contributed by atoms with van der Waals surface area (Å²) in [6, 6.07) is 3.63. The predicted molar refractivity (Wildman–Crippen MR) is 105 cm³/mol. The number of nitrogens with zero attached hydrogens (tertiary/aromatic N) is 2. The van der Waals surface area contributed by atoms with Crippen LogP contribution in [0.1, 0.15) is 31.2 Å². The number of amides is 1. The molecule has 4 atom stereocenters. The highest BCUT2D eigenvalue weighted by molar-refractivity contribution is 7.88. The number of fused-ring (bicyclic) bond motifs is 1. The van der Waals surface area contributed by atoms with Gasteiger partial charge < -0.3 is 10.1 Å². The fourth-order valence-corrected chi connectivity index (χ4v) is 5.39. The van der Waals surface area contributed by atoms with E-state index in [9.17, 15) is 13.2 Å². The summed E-state index contributed by atoms with van der Waals surface area (Å²) in [6.45, 7) is 1.87. The highest BCUT2D eigenvalue weighted by atomic mass is 32.2. The predicted octanol–water partition coefficient (Wildman–Crippen LogP) is 1.21. The lowest BCUT2D eigenvalue weighted by Gasteiger charge is -2.38. The van der Waals surface area contributed by atoms with Crippen LogP contribution >= 0.6 is 0 Å². The lowest BCUT2D eigenvalue weighted by Crippen LogP contribution is -2.51. The molecule has 1 aliphatic heterocycles. The van der Waals surface area contributed by atoms with Crippen LogP contribution in [0, 0.1) is 17.8 Å². The Balaban J connectivity index is 1.41. The first-order valence-electron chi connectivity index (χ1n) is 10.1. The Hall–Kier alpha value is -1.51. The third kappa shape index (κ3) is 4.90. The molecular formula is C20H29N3O4S. The fourth-order valence-electron chi connectivity index (χ4n) is 4.47. The summed E-state index contributed by atoms with van der Waals surface area (Å²) in [4.78, 5) is 16.6. The minimum Gasteiger partial charge on any atom is -0.376 e. The number of carbonyl (C=O) groups excluding carboxylic acids is 1. The van der Waals surface area contributed by atoms with Crippen molar-refractivity contribution in [2.45, 2.75) is 44.2 Å². The van der Waals surface area contributed by atoms with E-state index in [1.54, 1.807) is 16.7 Å². The first-order valence-corrected chi connectivity index (χ1v) is 12.0. The lowest BCUT2D eigenvalue weighted by molar-refractivity contribution is -0.123. The molecule has 3 fully saturated rings. The Bertz CT molecular complexity index is 797. The molecule has 154 valence electrons. The summed E-state index contributed by atoms with van der Waals surface area (Å²) >= 11 is 0. The van der Waals surface area contributed by atoms with Crippen molar-refractivity contribution >= 4 is 15.9 Å². The van der Waals surface area contributed by atoms with E-state index < -0.39 is 10.0 Å². The molecule has 0 aromatic carbocycles. The number of nitrogens with one attached hydrogen (secondary N) is 1. The largest absolute Gasteiger partial charge is 0.376 e. The molecule has 1 aromatic heterocycles. The molecule has 7 nitrogen and oxygen atoms in total. The van der Waals surface area contributed by atoms with Gasteiger partial charge in [-0.3, -0.25) is 9.78 Å². The van der Waals surface area contributed by atoms with Gasteiger partial charge in [0.2, 0.25) is 15.9 Å². The van der Waals surface area contributed by atoms with Crippen molar-refractivity contribution < 1.29 is 17.9 Å². The number of rotatable bonds is 7. The van der Waals surface area contributed by atoms with E-state index in [0.717, 1.165) is 25.0 Å². The summed E-state index contributed by atoms with van der Waals surface area (Å²) in [5, 5.41) is 3.18. The SMILES string of the molecule is CS(=O)(=O)N1C[C@H]2C[C@H](OCC3CC3)[C@@H](NC(=O)Cc3ccncc3)C[C@H]2C1. The van der Waals surface area contributed by atoms with Gasteiger partial charge in [0.05, 0.1) is 24.8 Å². The molecule has 1 N–H and O–H groups in total. The first kappa shape index (κ1) is 19.8. The molecule has 2 aliphatic carbocycles. The summed E-state index contributed by atoms with van der Waals surface area (Å²) in [5.41, 5.74) is 0.931. The van der Waals surface area contributed by atoms with E-state index in [0.29, 0.717) is 31.3 Å². The van der Waals surface area contributed by atoms with Gasteiger partial charge in [-0.05, 0) is 61.1 Å². The van der Waals surface area contributed by atoms with Crippen LogP contribution in [0.3, 0.4) is 0 Å². The molecule has 2 saturated carbocycles. The third-order valence-corrected chi connectivity index (χ3v) is 7.49. The zero-order valence-electron chi connectivity index (χ0n) is 16.3. The topological polar surface area (TPSA) is 88.6 Å². The molecule has 1 saturated heterocycles. The van der Waals surface area contributed by atoms with E-state index in [-0.39, 0.29) is 24.0 Å². The minimum absolute atomic E-state index is 0.0207. The van der Waals surface area contributed by atoms with Crippen LogP contribution in [0.4, 0.5) is 0 Å². The minimum atomic E-state index is -3.18. The van der Waals surface area contributed by atoms with Gasteiger partial charge in [0.25, 0.3) is 0 Å². The summed E-state index contributed by atoms with van der Waals surface area (Å²) in [5.74, 6) is 1.23. The van der Waals surface area contributed by atoms with Crippen LogP contribution in [0.5, 0.6) is 0 Å². The molecule has 2 heterocycles. The second-order valence-corrected chi connectivity index (χ2v) is 10.6. The Morgan fingerprint density at radius 3 is 2.54 bits per heavy atom. The van der Waals surface area contributed by atoms with Gasteiger partial charge in [0.1, 0.15) is 0 Å². The molecule has 1 amide bonds. The summed E-state index contributed by atoms with van der Waals surface area (Å²) in [7, 11) is -3.18. The van der Waals surface area contributed by atoms with Gasteiger partial charge in [-0.1, -0.05) is 0 Å². The zero-order valence-corrected chi connectivity index (χ0v) is 17.1. The van der Waals surface area contributed by atoms with Crippen molar-refractivity contribution in [2.24, 2.45) is 17.8 Å². The van der Waals surface area contributed by atoms with E-state index in [1.165, 1.54) is 19.1 Å². The van der Waals surface area contributed by atoms with Crippen molar-refractivity contribution in [1.29, 1.82) is 0 Å². The van der Waals surface area contributed by atoms with Gasteiger partial charge in [-0.25, -0.2) is 12.7 Å². The van der Waals surface area contributed by atoms with Crippen LogP contribution in [0.2, 0.25) is 0 Å². The monoisotopic (exact) mass is 407 g/mol. The van der Waals surface area contributed by atoms with Crippen molar-refractivity contribution in [1.82, 2.24) is 14.6 Å². The Kier molecular flexibility index (Phi) is 5.71. The van der Waals surface area contributed by atoms with Gasteiger partial charge in [-0.2, -0.15) is 0 Å².